The molecule has 0 saturated heterocycles. The van der Waals surface area contributed by atoms with Gasteiger partial charge in [-0.1, -0.05) is 0 Å². The van der Waals surface area contributed by atoms with Crippen molar-refractivity contribution in [2.45, 2.75) is 13.8 Å². The number of nitrogens with two attached hydrogens (primary N) is 1. The molecule has 3 aromatic rings. The van der Waals surface area contributed by atoms with Crippen LogP contribution in [0.5, 0.6) is 0 Å². The number of halogens is 1. The van der Waals surface area contributed by atoms with Gasteiger partial charge in [-0.3, -0.25) is 14.4 Å². The van der Waals surface area contributed by atoms with Crippen molar-refractivity contribution in [3.63, 3.8) is 0 Å². The van der Waals surface area contributed by atoms with E-state index in [-0.39, 0.29) is 22.9 Å². The van der Waals surface area contributed by atoms with E-state index in [9.17, 15) is 24.0 Å². The van der Waals surface area contributed by atoms with Crippen LogP contribution >= 0.6 is 11.6 Å². The van der Waals surface area contributed by atoms with Crippen molar-refractivity contribution in [3.8, 4) is 0 Å². The van der Waals surface area contributed by atoms with Crippen LogP contribution in [0.1, 0.15) is 44.9 Å². The van der Waals surface area contributed by atoms with Gasteiger partial charge in [0.25, 0.3) is 5.24 Å². The summed E-state index contributed by atoms with van der Waals surface area (Å²) >= 11 is 5.23. The first-order valence-electron chi connectivity index (χ1n) is 10.2. The van der Waals surface area contributed by atoms with Crippen LogP contribution in [0.15, 0.2) is 72.8 Å². The molecule has 0 aliphatic rings. The summed E-state index contributed by atoms with van der Waals surface area (Å²) in [5.74, 6) is -2.23. The fourth-order valence-electron chi connectivity index (χ4n) is 2.41. The lowest BCUT2D eigenvalue weighted by atomic mass is 10.2. The molecule has 36 heavy (non-hydrogen) atoms. The Morgan fingerprint density at radius 3 is 1.19 bits per heavy atom. The van der Waals surface area contributed by atoms with Crippen LogP contribution in [0.25, 0.3) is 0 Å². The van der Waals surface area contributed by atoms with Crippen molar-refractivity contribution in [2.75, 3.05) is 16.4 Å². The molecule has 0 heterocycles. The minimum atomic E-state index is -0.977. The smallest absolute Gasteiger partial charge is 0.335 e. The number of benzene rings is 3. The Balaban J connectivity index is 0.000000273. The molecule has 2 amide bonds. The number of amides is 2. The Morgan fingerprint density at radius 1 is 0.611 bits per heavy atom. The van der Waals surface area contributed by atoms with Gasteiger partial charge in [0.05, 0.1) is 11.1 Å². The summed E-state index contributed by atoms with van der Waals surface area (Å²) in [6.45, 7) is 2.81. The lowest BCUT2D eigenvalue weighted by molar-refractivity contribution is -0.115. The van der Waals surface area contributed by atoms with Crippen LogP contribution < -0.4 is 16.4 Å². The summed E-state index contributed by atoms with van der Waals surface area (Å²) in [6, 6.07) is 18.4. The van der Waals surface area contributed by atoms with Crippen LogP contribution in [0.3, 0.4) is 0 Å². The second-order valence-corrected chi connectivity index (χ2v) is 7.37. The molecule has 11 heteroatoms. The van der Waals surface area contributed by atoms with Gasteiger partial charge in [-0.25, -0.2) is 9.59 Å². The van der Waals surface area contributed by atoms with Gasteiger partial charge in [0.15, 0.2) is 0 Å². The topological polar surface area (TPSA) is 176 Å². The van der Waals surface area contributed by atoms with Crippen molar-refractivity contribution >= 4 is 57.7 Å². The lowest BCUT2D eigenvalue weighted by Gasteiger charge is -2.01. The molecule has 3 aromatic carbocycles. The third kappa shape index (κ3) is 11.4. The second kappa shape index (κ2) is 14.5. The zero-order valence-corrected chi connectivity index (χ0v) is 20.1. The first-order valence-corrected chi connectivity index (χ1v) is 10.5. The van der Waals surface area contributed by atoms with Gasteiger partial charge >= 0.3 is 11.9 Å². The highest BCUT2D eigenvalue weighted by Gasteiger charge is 2.02. The number of aromatic carboxylic acids is 2. The fourth-order valence-corrected chi connectivity index (χ4v) is 2.54. The van der Waals surface area contributed by atoms with E-state index >= 15 is 0 Å². The number of carboxylic acids is 2. The lowest BCUT2D eigenvalue weighted by Crippen LogP contribution is -2.05. The number of nitrogens with one attached hydrogen (secondary N) is 2. The highest BCUT2D eigenvalue weighted by Crippen LogP contribution is 2.11. The van der Waals surface area contributed by atoms with Crippen LogP contribution in [0.2, 0.25) is 0 Å². The maximum Gasteiger partial charge on any atom is 0.335 e. The average molecular weight is 514 g/mol. The van der Waals surface area contributed by atoms with E-state index in [1.54, 1.807) is 48.5 Å². The van der Waals surface area contributed by atoms with Crippen LogP contribution in [0, 0.1) is 0 Å². The Labute approximate surface area is 211 Å². The van der Waals surface area contributed by atoms with Crippen LogP contribution in [-0.4, -0.2) is 39.2 Å². The summed E-state index contributed by atoms with van der Waals surface area (Å²) in [5.41, 5.74) is 8.02. The largest absolute Gasteiger partial charge is 0.478 e. The monoisotopic (exact) mass is 513 g/mol. The minimum absolute atomic E-state index is 0.148. The second-order valence-electron chi connectivity index (χ2n) is 7.02. The molecule has 0 bridgehead atoms. The molecule has 0 fully saturated rings. The fraction of sp³-hybridized carbons (Fsp3) is 0.0800. The maximum absolute atomic E-state index is 10.7. The van der Waals surface area contributed by atoms with Crippen LogP contribution in [-0.2, 0) is 9.59 Å². The van der Waals surface area contributed by atoms with Gasteiger partial charge in [-0.05, 0) is 84.4 Å². The van der Waals surface area contributed by atoms with E-state index in [1.807, 2.05) is 0 Å². The van der Waals surface area contributed by atoms with E-state index in [1.165, 1.54) is 38.1 Å². The normalized spacial score (nSPS) is 9.31. The maximum atomic E-state index is 10.7. The molecule has 188 valence electrons. The standard InChI is InChI=1S/C9H8ClNO2.C9H9NO3.C7H7NO2/c1-6(12)11-8-4-2-7(3-5-8)9(10)13;1-6(11)10-8-4-2-7(3-5-8)9(12)13;8-6-3-1-5(2-4-6)7(9)10/h2-5H,1H3,(H,11,12);2-5H,1H3,(H,10,11)(H,12,13);1-4H,8H2,(H,9,10). The number of nitrogen functional groups attached to an aromatic ring is 1. The van der Waals surface area contributed by atoms with Crippen molar-refractivity contribution in [2.24, 2.45) is 0 Å². The van der Waals surface area contributed by atoms with Crippen LogP contribution in [0.4, 0.5) is 17.1 Å². The third-order valence-corrected chi connectivity index (χ3v) is 4.26. The number of anilines is 3. The van der Waals surface area contributed by atoms with Gasteiger partial charge in [-0.15, -0.1) is 0 Å². The van der Waals surface area contributed by atoms with Crippen molar-refractivity contribution in [3.05, 3.63) is 89.5 Å². The summed E-state index contributed by atoms with van der Waals surface area (Å²) < 4.78 is 0. The van der Waals surface area contributed by atoms with E-state index in [2.05, 4.69) is 10.6 Å². The predicted octanol–water partition coefficient (Wildman–Crippen LogP) is 4.33. The number of carboxylic acid groups (broad SMARTS) is 2. The molecule has 0 unspecified atom stereocenters. The minimum Gasteiger partial charge on any atom is -0.478 e. The molecule has 10 nitrogen and oxygen atoms in total. The zero-order valence-electron chi connectivity index (χ0n) is 19.3. The van der Waals surface area contributed by atoms with E-state index in [4.69, 9.17) is 27.5 Å². The SMILES string of the molecule is CC(=O)Nc1ccc(C(=O)Cl)cc1.CC(=O)Nc1ccc(C(=O)O)cc1.Nc1ccc(C(=O)O)cc1. The number of carbonyl (C=O) groups is 5. The quantitative estimate of drug-likeness (QED) is 0.247. The third-order valence-electron chi connectivity index (χ3n) is 4.04. The first-order chi connectivity index (χ1) is 16.9. The van der Waals surface area contributed by atoms with Gasteiger partial charge in [0.1, 0.15) is 0 Å². The molecular weight excluding hydrogens is 490 g/mol. The Hall–Kier alpha value is -4.70. The van der Waals surface area contributed by atoms with E-state index in [0.29, 0.717) is 22.6 Å². The highest BCUT2D eigenvalue weighted by atomic mass is 35.5. The molecule has 0 aliphatic carbocycles. The van der Waals surface area contributed by atoms with Gasteiger partial charge < -0.3 is 26.6 Å². The molecule has 0 spiro atoms. The molecule has 0 saturated carbocycles. The number of rotatable bonds is 5. The summed E-state index contributed by atoms with van der Waals surface area (Å²) in [5, 5.41) is 21.6. The molecule has 3 rings (SSSR count). The van der Waals surface area contributed by atoms with Crippen molar-refractivity contribution in [1.82, 2.24) is 0 Å². The van der Waals surface area contributed by atoms with Gasteiger partial charge in [0.2, 0.25) is 11.8 Å². The Morgan fingerprint density at radius 2 is 0.917 bits per heavy atom. The van der Waals surface area contributed by atoms with Crippen molar-refractivity contribution < 1.29 is 34.2 Å². The molecule has 0 aromatic heterocycles. The number of hydrogen-bond donors (Lipinski definition) is 5. The molecule has 6 N–H and O–H groups in total. The van der Waals surface area contributed by atoms with Crippen molar-refractivity contribution in [1.29, 1.82) is 0 Å². The Bertz CT molecular complexity index is 1140. The van der Waals surface area contributed by atoms with Gasteiger partial charge in [0, 0.05) is 36.5 Å². The zero-order chi connectivity index (χ0) is 27.3. The molecule has 0 radical (unpaired) electrons. The first kappa shape index (κ1) is 29.3. The predicted molar refractivity (Wildman–Crippen MR) is 136 cm³/mol. The van der Waals surface area contributed by atoms with E-state index < -0.39 is 17.2 Å². The summed E-state index contributed by atoms with van der Waals surface area (Å²) in [4.78, 5) is 52.6. The van der Waals surface area contributed by atoms with E-state index in [0.717, 1.165) is 0 Å². The molecule has 0 atom stereocenters. The number of hydrogen-bond acceptors (Lipinski definition) is 6. The molecule has 0 aliphatic heterocycles. The highest BCUT2D eigenvalue weighted by molar-refractivity contribution is 6.67. The average Bonchev–Trinajstić information content (AvgIpc) is 2.80. The Kier molecular flexibility index (Phi) is 11.8. The molecular formula is C25H24ClN3O7. The summed E-state index contributed by atoms with van der Waals surface area (Å²) in [6.07, 6.45) is 0. The number of carbonyl (C=O) groups excluding carboxylic acids is 3. The summed E-state index contributed by atoms with van der Waals surface area (Å²) in [7, 11) is 0. The van der Waals surface area contributed by atoms with Gasteiger partial charge in [-0.2, -0.15) is 0 Å².